The van der Waals surface area contributed by atoms with Crippen molar-refractivity contribution in [2.24, 2.45) is 0 Å². The number of hydrogen-bond donors (Lipinski definition) is 1. The Balaban J connectivity index is 1.55. The molecule has 0 saturated carbocycles. The van der Waals surface area contributed by atoms with E-state index in [9.17, 15) is 0 Å². The highest BCUT2D eigenvalue weighted by Crippen LogP contribution is 2.25. The number of hydrogen-bond acceptors (Lipinski definition) is 4. The third-order valence-electron chi connectivity index (χ3n) is 4.46. The second kappa shape index (κ2) is 11.2. The minimum atomic E-state index is 0.527. The molecule has 0 unspecified atom stereocenters. The Labute approximate surface area is 150 Å². The average Bonchev–Trinajstić information content (AvgIpc) is 3.03. The Morgan fingerprint density at radius 3 is 1.92 bits per heavy atom. The van der Waals surface area contributed by atoms with Crippen LogP contribution in [-0.4, -0.2) is 10.2 Å². The fraction of sp³-hybridized carbons (Fsp3) is 0.600. The zero-order valence-corrected chi connectivity index (χ0v) is 15.8. The molecule has 0 aliphatic carbocycles. The molecule has 0 saturated heterocycles. The molecule has 0 bridgehead atoms. The Morgan fingerprint density at radius 2 is 1.38 bits per heavy atom. The molecule has 3 nitrogen and oxygen atoms in total. The van der Waals surface area contributed by atoms with Crippen LogP contribution in [0.1, 0.15) is 76.7 Å². The van der Waals surface area contributed by atoms with Gasteiger partial charge in [0, 0.05) is 5.56 Å². The van der Waals surface area contributed by atoms with Gasteiger partial charge in [-0.2, -0.15) is 0 Å². The van der Waals surface area contributed by atoms with Crippen LogP contribution >= 0.6 is 11.3 Å². The van der Waals surface area contributed by atoms with E-state index in [1.54, 1.807) is 0 Å². The van der Waals surface area contributed by atoms with E-state index >= 15 is 0 Å². The lowest BCUT2D eigenvalue weighted by molar-refractivity contribution is 0.556. The lowest BCUT2D eigenvalue weighted by Crippen LogP contribution is -1.87. The summed E-state index contributed by atoms with van der Waals surface area (Å²) >= 11 is 1.44. The number of benzene rings is 1. The van der Waals surface area contributed by atoms with Crippen molar-refractivity contribution in [1.82, 2.24) is 10.2 Å². The molecule has 0 aliphatic heterocycles. The van der Waals surface area contributed by atoms with Gasteiger partial charge in [0.05, 0.1) is 0 Å². The summed E-state index contributed by atoms with van der Waals surface area (Å²) in [5, 5.41) is 9.38. The highest BCUT2D eigenvalue weighted by molar-refractivity contribution is 7.18. The van der Waals surface area contributed by atoms with Crippen molar-refractivity contribution in [3.8, 4) is 10.6 Å². The number of unbranched alkanes of at least 4 members (excludes halogenated alkanes) is 9. The predicted molar refractivity (Wildman–Crippen MR) is 105 cm³/mol. The van der Waals surface area contributed by atoms with Gasteiger partial charge in [-0.25, -0.2) is 0 Å². The van der Waals surface area contributed by atoms with Crippen molar-refractivity contribution in [3.05, 3.63) is 29.8 Å². The maximum atomic E-state index is 5.64. The van der Waals surface area contributed by atoms with E-state index in [0.717, 1.165) is 10.6 Å². The van der Waals surface area contributed by atoms with Gasteiger partial charge in [-0.3, -0.25) is 0 Å². The third-order valence-corrected chi connectivity index (χ3v) is 5.26. The molecule has 0 atom stereocenters. The van der Waals surface area contributed by atoms with Crippen LogP contribution < -0.4 is 5.73 Å². The van der Waals surface area contributed by atoms with E-state index in [-0.39, 0.29) is 0 Å². The molecule has 4 heteroatoms. The summed E-state index contributed by atoms with van der Waals surface area (Å²) in [6, 6.07) is 8.68. The van der Waals surface area contributed by atoms with Gasteiger partial charge in [0.15, 0.2) is 0 Å². The van der Waals surface area contributed by atoms with Crippen LogP contribution in [0, 0.1) is 0 Å². The van der Waals surface area contributed by atoms with Crippen LogP contribution in [-0.2, 0) is 6.42 Å². The molecule has 132 valence electrons. The number of nitrogens with zero attached hydrogens (tertiary/aromatic N) is 2. The van der Waals surface area contributed by atoms with Gasteiger partial charge in [-0.1, -0.05) is 100 Å². The van der Waals surface area contributed by atoms with Crippen molar-refractivity contribution in [2.75, 3.05) is 5.73 Å². The molecule has 0 aliphatic rings. The summed E-state index contributed by atoms with van der Waals surface area (Å²) in [7, 11) is 0. The standard InChI is InChI=1S/C20H31N3S/c1-2-3-4-5-6-7-8-9-10-11-12-17-13-15-18(16-14-17)19-22-23-20(21)24-19/h13-16H,2-12H2,1H3,(H2,21,23). The van der Waals surface area contributed by atoms with Gasteiger partial charge in [0.2, 0.25) is 5.13 Å². The monoisotopic (exact) mass is 345 g/mol. The van der Waals surface area contributed by atoms with E-state index in [2.05, 4.69) is 41.4 Å². The summed E-state index contributed by atoms with van der Waals surface area (Å²) in [4.78, 5) is 0. The summed E-state index contributed by atoms with van der Waals surface area (Å²) in [5.41, 5.74) is 8.16. The number of aromatic nitrogens is 2. The molecule has 0 amide bonds. The number of anilines is 1. The van der Waals surface area contributed by atoms with Gasteiger partial charge >= 0.3 is 0 Å². The van der Waals surface area contributed by atoms with Crippen molar-refractivity contribution in [3.63, 3.8) is 0 Å². The van der Waals surface area contributed by atoms with Gasteiger partial charge in [-0.05, 0) is 18.4 Å². The maximum absolute atomic E-state index is 5.64. The normalized spacial score (nSPS) is 11.0. The van der Waals surface area contributed by atoms with Crippen molar-refractivity contribution in [2.45, 2.75) is 77.6 Å². The van der Waals surface area contributed by atoms with E-state index < -0.39 is 0 Å². The van der Waals surface area contributed by atoms with Gasteiger partial charge in [0.25, 0.3) is 0 Å². The predicted octanol–water partition coefficient (Wildman–Crippen LogP) is 6.25. The molecule has 1 aromatic heterocycles. The molecule has 24 heavy (non-hydrogen) atoms. The van der Waals surface area contributed by atoms with Crippen molar-refractivity contribution in [1.29, 1.82) is 0 Å². The molecule has 1 aromatic carbocycles. The Bertz CT molecular complexity index is 563. The molecule has 0 fully saturated rings. The maximum Gasteiger partial charge on any atom is 0.203 e. The van der Waals surface area contributed by atoms with E-state index in [1.165, 1.54) is 87.5 Å². The first-order chi connectivity index (χ1) is 11.8. The highest BCUT2D eigenvalue weighted by Gasteiger charge is 2.04. The molecule has 2 aromatic rings. The van der Waals surface area contributed by atoms with Crippen LogP contribution in [0.4, 0.5) is 5.13 Å². The number of rotatable bonds is 12. The average molecular weight is 346 g/mol. The van der Waals surface area contributed by atoms with E-state index in [1.807, 2.05) is 0 Å². The smallest absolute Gasteiger partial charge is 0.203 e. The summed E-state index contributed by atoms with van der Waals surface area (Å²) in [5.74, 6) is 0. The lowest BCUT2D eigenvalue weighted by Gasteiger charge is -2.04. The molecule has 2 rings (SSSR count). The number of aryl methyl sites for hydroxylation is 1. The van der Waals surface area contributed by atoms with Crippen LogP contribution in [0.2, 0.25) is 0 Å². The molecule has 2 N–H and O–H groups in total. The quantitative estimate of drug-likeness (QED) is 0.462. The minimum absolute atomic E-state index is 0.527. The summed E-state index contributed by atoms with van der Waals surface area (Å²) in [6.45, 7) is 2.28. The van der Waals surface area contributed by atoms with Crippen molar-refractivity contribution >= 4 is 16.5 Å². The molecule has 0 radical (unpaired) electrons. The largest absolute Gasteiger partial charge is 0.374 e. The van der Waals surface area contributed by atoms with Crippen LogP contribution in [0.15, 0.2) is 24.3 Å². The first-order valence-corrected chi connectivity index (χ1v) is 10.3. The zero-order valence-electron chi connectivity index (χ0n) is 15.0. The van der Waals surface area contributed by atoms with E-state index in [0.29, 0.717) is 5.13 Å². The lowest BCUT2D eigenvalue weighted by atomic mass is 10.0. The van der Waals surface area contributed by atoms with Gasteiger partial charge in [-0.15, -0.1) is 10.2 Å². The molecule has 1 heterocycles. The summed E-state index contributed by atoms with van der Waals surface area (Å²) in [6.07, 6.45) is 15.1. The fourth-order valence-corrected chi connectivity index (χ4v) is 3.60. The van der Waals surface area contributed by atoms with Crippen LogP contribution in [0.3, 0.4) is 0 Å². The first kappa shape index (κ1) is 18.9. The Morgan fingerprint density at radius 1 is 0.792 bits per heavy atom. The second-order valence-corrected chi connectivity index (χ2v) is 7.58. The Kier molecular flexibility index (Phi) is 8.82. The summed E-state index contributed by atoms with van der Waals surface area (Å²) < 4.78 is 0. The number of nitrogen functional groups attached to an aromatic ring is 1. The Hall–Kier alpha value is -1.42. The molecular weight excluding hydrogens is 314 g/mol. The first-order valence-electron chi connectivity index (χ1n) is 9.48. The van der Waals surface area contributed by atoms with Crippen molar-refractivity contribution < 1.29 is 0 Å². The molecular formula is C20H31N3S. The zero-order chi connectivity index (χ0) is 17.0. The fourth-order valence-electron chi connectivity index (χ4n) is 2.98. The second-order valence-electron chi connectivity index (χ2n) is 6.57. The van der Waals surface area contributed by atoms with Gasteiger partial charge in [0.1, 0.15) is 5.01 Å². The molecule has 0 spiro atoms. The highest BCUT2D eigenvalue weighted by atomic mass is 32.1. The van der Waals surface area contributed by atoms with Gasteiger partial charge < -0.3 is 5.73 Å². The number of nitrogens with two attached hydrogens (primary N) is 1. The van der Waals surface area contributed by atoms with E-state index in [4.69, 9.17) is 5.73 Å². The third kappa shape index (κ3) is 7.00. The topological polar surface area (TPSA) is 51.8 Å². The SMILES string of the molecule is CCCCCCCCCCCCc1ccc(-c2nnc(N)s2)cc1. The van der Waals surface area contributed by atoms with Crippen LogP contribution in [0.5, 0.6) is 0 Å². The van der Waals surface area contributed by atoms with Crippen LogP contribution in [0.25, 0.3) is 10.6 Å². The minimum Gasteiger partial charge on any atom is -0.374 e.